The number of halogens is 2. The summed E-state index contributed by atoms with van der Waals surface area (Å²) in [6.45, 7) is 0.606. The minimum Gasteiger partial charge on any atom is -0.490 e. The number of carboxylic acid groups (broad SMARTS) is 1. The molecule has 6 rings (SSSR count). The lowest BCUT2D eigenvalue weighted by Crippen LogP contribution is -2.48. The molecule has 0 aromatic heterocycles. The number of likely N-dealkylation sites (tertiary alicyclic amines) is 1. The van der Waals surface area contributed by atoms with E-state index < -0.39 is 35.1 Å². The van der Waals surface area contributed by atoms with Crippen molar-refractivity contribution in [3.05, 3.63) is 29.3 Å². The van der Waals surface area contributed by atoms with E-state index in [0.29, 0.717) is 19.4 Å². The Bertz CT molecular complexity index is 851. The van der Waals surface area contributed by atoms with E-state index in [-0.39, 0.29) is 17.7 Å². The number of carbonyl (C=O) groups is 2. The highest BCUT2D eigenvalue weighted by molar-refractivity contribution is 5.97. The quantitative estimate of drug-likeness (QED) is 0.775. The van der Waals surface area contributed by atoms with Crippen LogP contribution in [-0.2, 0) is 4.79 Å². The Morgan fingerprint density at radius 2 is 1.70 bits per heavy atom. The zero-order valence-corrected chi connectivity index (χ0v) is 16.9. The molecule has 4 bridgehead atoms. The lowest BCUT2D eigenvalue weighted by atomic mass is 9.50. The zero-order chi connectivity index (χ0) is 21.0. The molecule has 0 spiro atoms. The van der Waals surface area contributed by atoms with Gasteiger partial charge in [0.15, 0.2) is 11.6 Å². The van der Waals surface area contributed by atoms with Gasteiger partial charge in [0.1, 0.15) is 11.9 Å². The molecule has 7 heteroatoms. The summed E-state index contributed by atoms with van der Waals surface area (Å²) in [6.07, 6.45) is 8.05. The molecule has 1 unspecified atom stereocenters. The van der Waals surface area contributed by atoms with Crippen LogP contribution in [-0.4, -0.2) is 41.1 Å². The van der Waals surface area contributed by atoms with Gasteiger partial charge in [-0.15, -0.1) is 0 Å². The molecule has 1 aromatic rings. The van der Waals surface area contributed by atoms with Crippen LogP contribution in [0.2, 0.25) is 0 Å². The Balaban J connectivity index is 1.31. The fourth-order valence-electron chi connectivity index (χ4n) is 6.92. The highest BCUT2D eigenvalue weighted by Gasteiger charge is 2.51. The lowest BCUT2D eigenvalue weighted by Gasteiger charge is -2.56. The molecule has 1 atom stereocenters. The van der Waals surface area contributed by atoms with Gasteiger partial charge in [-0.3, -0.25) is 4.79 Å². The van der Waals surface area contributed by atoms with Crippen molar-refractivity contribution in [1.29, 1.82) is 0 Å². The number of amides is 1. The predicted molar refractivity (Wildman–Crippen MR) is 104 cm³/mol. The number of carboxylic acids is 1. The fourth-order valence-corrected chi connectivity index (χ4v) is 6.92. The van der Waals surface area contributed by atoms with Crippen LogP contribution < -0.4 is 4.74 Å². The van der Waals surface area contributed by atoms with Gasteiger partial charge >= 0.3 is 5.97 Å². The number of nitrogens with zero attached hydrogens (tertiary/aromatic N) is 1. The molecule has 1 heterocycles. The van der Waals surface area contributed by atoms with E-state index in [1.807, 2.05) is 0 Å². The second-order valence-electron chi connectivity index (χ2n) is 9.96. The number of ether oxygens (including phenoxy) is 1. The Morgan fingerprint density at radius 3 is 2.30 bits per heavy atom. The monoisotopic (exact) mass is 419 g/mol. The summed E-state index contributed by atoms with van der Waals surface area (Å²) >= 11 is 0. The van der Waals surface area contributed by atoms with E-state index in [0.717, 1.165) is 54.0 Å². The maximum absolute atomic E-state index is 14.7. The van der Waals surface area contributed by atoms with Gasteiger partial charge in [-0.05, 0) is 75.2 Å². The van der Waals surface area contributed by atoms with E-state index in [1.165, 1.54) is 19.3 Å². The van der Waals surface area contributed by atoms with Crippen molar-refractivity contribution < 1.29 is 28.2 Å². The van der Waals surface area contributed by atoms with Crippen molar-refractivity contribution in [2.75, 3.05) is 13.2 Å². The number of carbonyl (C=O) groups excluding carboxylic acids is 1. The SMILES string of the molecule is O=C(O)C1CCCN1C(=O)c1cc(F)c(OCC23CC4CC(CC(C4)C2)C3)cc1F. The molecule has 162 valence electrons. The maximum Gasteiger partial charge on any atom is 0.326 e. The van der Waals surface area contributed by atoms with Crippen LogP contribution in [0.3, 0.4) is 0 Å². The summed E-state index contributed by atoms with van der Waals surface area (Å²) in [7, 11) is 0. The molecule has 1 aromatic carbocycles. The van der Waals surface area contributed by atoms with Crippen LogP contribution in [0, 0.1) is 34.8 Å². The van der Waals surface area contributed by atoms with Gasteiger partial charge in [-0.25, -0.2) is 13.6 Å². The third-order valence-electron chi connectivity index (χ3n) is 7.75. The van der Waals surface area contributed by atoms with Gasteiger partial charge in [0.05, 0.1) is 12.2 Å². The first-order valence-corrected chi connectivity index (χ1v) is 11.0. The second kappa shape index (κ2) is 7.20. The highest BCUT2D eigenvalue weighted by atomic mass is 19.1. The second-order valence-corrected chi connectivity index (χ2v) is 9.96. The van der Waals surface area contributed by atoms with E-state index in [9.17, 15) is 23.5 Å². The molecule has 5 fully saturated rings. The van der Waals surface area contributed by atoms with Gasteiger partial charge in [0, 0.05) is 18.0 Å². The Labute approximate surface area is 174 Å². The smallest absolute Gasteiger partial charge is 0.326 e. The van der Waals surface area contributed by atoms with Crippen molar-refractivity contribution in [3.63, 3.8) is 0 Å². The van der Waals surface area contributed by atoms with Crippen LogP contribution in [0.4, 0.5) is 8.78 Å². The van der Waals surface area contributed by atoms with Crippen molar-refractivity contribution in [3.8, 4) is 5.75 Å². The average Bonchev–Trinajstić information content (AvgIpc) is 3.17. The summed E-state index contributed by atoms with van der Waals surface area (Å²) in [4.78, 5) is 25.1. The predicted octanol–water partition coefficient (Wildman–Crippen LogP) is 4.25. The highest BCUT2D eigenvalue weighted by Crippen LogP contribution is 2.60. The van der Waals surface area contributed by atoms with Gasteiger partial charge < -0.3 is 14.7 Å². The third-order valence-corrected chi connectivity index (χ3v) is 7.75. The third kappa shape index (κ3) is 3.36. The molecule has 1 amide bonds. The van der Waals surface area contributed by atoms with Crippen LogP contribution in [0.1, 0.15) is 61.7 Å². The Morgan fingerprint density at radius 1 is 1.07 bits per heavy atom. The Hall–Kier alpha value is -2.18. The molecule has 1 N–H and O–H groups in total. The molecule has 5 aliphatic rings. The lowest BCUT2D eigenvalue weighted by molar-refractivity contribution is -0.141. The minimum atomic E-state index is -1.13. The van der Waals surface area contributed by atoms with Crippen molar-refractivity contribution >= 4 is 11.9 Å². The number of rotatable bonds is 5. The van der Waals surface area contributed by atoms with E-state index in [4.69, 9.17) is 4.74 Å². The van der Waals surface area contributed by atoms with Crippen LogP contribution >= 0.6 is 0 Å². The summed E-state index contributed by atoms with van der Waals surface area (Å²) in [5, 5.41) is 9.25. The summed E-state index contributed by atoms with van der Waals surface area (Å²) in [5.74, 6) is -1.53. The topological polar surface area (TPSA) is 66.8 Å². The first kappa shape index (κ1) is 19.8. The number of benzene rings is 1. The van der Waals surface area contributed by atoms with Crippen molar-refractivity contribution in [1.82, 2.24) is 4.90 Å². The molecular formula is C23H27F2NO4. The number of hydrogen-bond donors (Lipinski definition) is 1. The van der Waals surface area contributed by atoms with Crippen molar-refractivity contribution in [2.45, 2.75) is 57.4 Å². The zero-order valence-electron chi connectivity index (χ0n) is 16.9. The first-order valence-electron chi connectivity index (χ1n) is 11.0. The average molecular weight is 419 g/mol. The molecule has 0 radical (unpaired) electrons. The number of hydrogen-bond acceptors (Lipinski definition) is 3. The molecule has 1 aliphatic heterocycles. The standard InChI is InChI=1S/C23H27F2NO4/c24-17-8-20(30-12-23-9-13-4-14(10-23)6-15(5-13)11-23)18(25)7-16(17)21(27)26-3-1-2-19(26)22(28)29/h7-8,13-15,19H,1-6,9-12H2,(H,28,29). The summed E-state index contributed by atoms with van der Waals surface area (Å²) in [6, 6.07) is 0.797. The molecular weight excluding hydrogens is 392 g/mol. The van der Waals surface area contributed by atoms with Crippen LogP contribution in [0.5, 0.6) is 5.75 Å². The molecule has 30 heavy (non-hydrogen) atoms. The fraction of sp³-hybridized carbons (Fsp3) is 0.652. The van der Waals surface area contributed by atoms with Crippen molar-refractivity contribution in [2.24, 2.45) is 23.2 Å². The molecule has 4 aliphatic carbocycles. The first-order chi connectivity index (χ1) is 14.3. The molecule has 1 saturated heterocycles. The van der Waals surface area contributed by atoms with E-state index >= 15 is 0 Å². The van der Waals surface area contributed by atoms with Crippen LogP contribution in [0.25, 0.3) is 0 Å². The molecule has 4 saturated carbocycles. The van der Waals surface area contributed by atoms with E-state index in [2.05, 4.69) is 0 Å². The molecule has 5 nitrogen and oxygen atoms in total. The van der Waals surface area contributed by atoms with Crippen LogP contribution in [0.15, 0.2) is 12.1 Å². The maximum atomic E-state index is 14.7. The van der Waals surface area contributed by atoms with Gasteiger partial charge in [-0.1, -0.05) is 0 Å². The minimum absolute atomic E-state index is 0.0659. The van der Waals surface area contributed by atoms with E-state index in [1.54, 1.807) is 0 Å². The van der Waals surface area contributed by atoms with Gasteiger partial charge in [0.25, 0.3) is 5.91 Å². The Kier molecular flexibility index (Phi) is 4.75. The normalized spacial score (nSPS) is 34.4. The van der Waals surface area contributed by atoms with Gasteiger partial charge in [-0.2, -0.15) is 0 Å². The summed E-state index contributed by atoms with van der Waals surface area (Å²) < 4.78 is 35.2. The summed E-state index contributed by atoms with van der Waals surface area (Å²) in [5.41, 5.74) is -0.376. The largest absolute Gasteiger partial charge is 0.490 e. The van der Waals surface area contributed by atoms with Gasteiger partial charge in [0.2, 0.25) is 0 Å². The number of aliphatic carboxylic acids is 1.